The number of esters is 1. The van der Waals surface area contributed by atoms with Crippen molar-refractivity contribution in [2.24, 2.45) is 0 Å². The summed E-state index contributed by atoms with van der Waals surface area (Å²) < 4.78 is 5.09. The SMILES string of the molecule is CC(=O)OC(C)Cc1ccc(C)c(C)c1. The van der Waals surface area contributed by atoms with E-state index in [9.17, 15) is 4.79 Å². The van der Waals surface area contributed by atoms with Crippen LogP contribution in [0.15, 0.2) is 18.2 Å². The number of carbonyl (C=O) groups excluding carboxylic acids is 1. The first kappa shape index (κ1) is 11.8. The van der Waals surface area contributed by atoms with Crippen LogP contribution >= 0.6 is 0 Å². The first-order chi connectivity index (χ1) is 6.99. The second kappa shape index (κ2) is 4.96. The molecule has 0 spiro atoms. The molecule has 0 saturated carbocycles. The summed E-state index contributed by atoms with van der Waals surface area (Å²) in [7, 11) is 0. The number of rotatable bonds is 3. The molecule has 0 aromatic heterocycles. The van der Waals surface area contributed by atoms with Crippen LogP contribution in [0.1, 0.15) is 30.5 Å². The van der Waals surface area contributed by atoms with E-state index in [1.807, 2.05) is 6.92 Å². The Kier molecular flexibility index (Phi) is 3.89. The highest BCUT2D eigenvalue weighted by molar-refractivity contribution is 5.66. The summed E-state index contributed by atoms with van der Waals surface area (Å²) in [4.78, 5) is 10.7. The van der Waals surface area contributed by atoms with Gasteiger partial charge in [-0.25, -0.2) is 0 Å². The molecule has 0 heterocycles. The normalized spacial score (nSPS) is 12.3. The van der Waals surface area contributed by atoms with Gasteiger partial charge in [0.05, 0.1) is 0 Å². The highest BCUT2D eigenvalue weighted by atomic mass is 16.5. The standard InChI is InChI=1S/C13H18O2/c1-9-5-6-13(7-10(9)2)8-11(3)15-12(4)14/h5-7,11H,8H2,1-4H3. The fraction of sp³-hybridized carbons (Fsp3) is 0.462. The molecule has 1 unspecified atom stereocenters. The van der Waals surface area contributed by atoms with Crippen LogP contribution in [0.4, 0.5) is 0 Å². The lowest BCUT2D eigenvalue weighted by Crippen LogP contribution is -2.14. The molecule has 1 rings (SSSR count). The van der Waals surface area contributed by atoms with E-state index in [1.54, 1.807) is 0 Å². The fourth-order valence-corrected chi connectivity index (χ4v) is 1.59. The van der Waals surface area contributed by atoms with Gasteiger partial charge in [-0.3, -0.25) is 4.79 Å². The van der Waals surface area contributed by atoms with E-state index in [2.05, 4.69) is 32.0 Å². The molecule has 0 bridgehead atoms. The molecule has 1 atom stereocenters. The van der Waals surface area contributed by atoms with E-state index in [4.69, 9.17) is 4.74 Å². The second-order valence-corrected chi connectivity index (χ2v) is 4.04. The van der Waals surface area contributed by atoms with Crippen molar-refractivity contribution in [3.8, 4) is 0 Å². The molecule has 0 aliphatic rings. The van der Waals surface area contributed by atoms with Crippen molar-refractivity contribution >= 4 is 5.97 Å². The Bertz CT molecular complexity index is 356. The molecule has 0 aliphatic heterocycles. The van der Waals surface area contributed by atoms with E-state index in [-0.39, 0.29) is 12.1 Å². The summed E-state index contributed by atoms with van der Waals surface area (Å²) >= 11 is 0. The van der Waals surface area contributed by atoms with Crippen LogP contribution in [0, 0.1) is 13.8 Å². The Labute approximate surface area is 91.3 Å². The van der Waals surface area contributed by atoms with Crippen LogP contribution in [-0.4, -0.2) is 12.1 Å². The summed E-state index contributed by atoms with van der Waals surface area (Å²) in [6.07, 6.45) is 0.727. The summed E-state index contributed by atoms with van der Waals surface area (Å²) in [6, 6.07) is 6.34. The van der Waals surface area contributed by atoms with E-state index in [0.29, 0.717) is 0 Å². The number of benzene rings is 1. The van der Waals surface area contributed by atoms with Crippen LogP contribution in [0.25, 0.3) is 0 Å². The van der Waals surface area contributed by atoms with E-state index >= 15 is 0 Å². The van der Waals surface area contributed by atoms with Gasteiger partial charge in [-0.15, -0.1) is 0 Å². The van der Waals surface area contributed by atoms with E-state index in [1.165, 1.54) is 23.6 Å². The maximum absolute atomic E-state index is 10.7. The van der Waals surface area contributed by atoms with Gasteiger partial charge in [0.2, 0.25) is 0 Å². The Hall–Kier alpha value is -1.31. The van der Waals surface area contributed by atoms with Gasteiger partial charge in [-0.05, 0) is 37.5 Å². The molecule has 0 saturated heterocycles. The summed E-state index contributed by atoms with van der Waals surface area (Å²) in [5.41, 5.74) is 3.79. The maximum Gasteiger partial charge on any atom is 0.302 e. The minimum atomic E-state index is -0.216. The molecule has 0 fully saturated rings. The maximum atomic E-state index is 10.7. The van der Waals surface area contributed by atoms with Crippen molar-refractivity contribution in [3.05, 3.63) is 34.9 Å². The quantitative estimate of drug-likeness (QED) is 0.711. The molecule has 0 aliphatic carbocycles. The lowest BCUT2D eigenvalue weighted by molar-refractivity contribution is -0.145. The third-order valence-corrected chi connectivity index (χ3v) is 2.46. The van der Waals surface area contributed by atoms with Gasteiger partial charge in [0.15, 0.2) is 0 Å². The fourth-order valence-electron chi connectivity index (χ4n) is 1.59. The van der Waals surface area contributed by atoms with Gasteiger partial charge in [-0.1, -0.05) is 18.2 Å². The topological polar surface area (TPSA) is 26.3 Å². The largest absolute Gasteiger partial charge is 0.463 e. The average Bonchev–Trinajstić information content (AvgIpc) is 2.10. The lowest BCUT2D eigenvalue weighted by Gasteiger charge is -2.12. The molecule has 2 nitrogen and oxygen atoms in total. The third-order valence-electron chi connectivity index (χ3n) is 2.46. The first-order valence-corrected chi connectivity index (χ1v) is 5.22. The lowest BCUT2D eigenvalue weighted by atomic mass is 10.0. The Morgan fingerprint density at radius 2 is 2.00 bits per heavy atom. The van der Waals surface area contributed by atoms with Crippen LogP contribution in [0.5, 0.6) is 0 Å². The third kappa shape index (κ3) is 3.74. The molecule has 1 aromatic rings. The zero-order valence-electron chi connectivity index (χ0n) is 9.83. The van der Waals surface area contributed by atoms with Crippen LogP contribution in [-0.2, 0) is 16.0 Å². The minimum absolute atomic E-state index is 0.0513. The molecular formula is C13H18O2. The smallest absolute Gasteiger partial charge is 0.302 e. The molecule has 0 N–H and O–H groups in total. The number of ether oxygens (including phenoxy) is 1. The monoisotopic (exact) mass is 206 g/mol. The predicted molar refractivity (Wildman–Crippen MR) is 60.8 cm³/mol. The number of hydrogen-bond donors (Lipinski definition) is 0. The number of aryl methyl sites for hydroxylation is 2. The second-order valence-electron chi connectivity index (χ2n) is 4.04. The zero-order valence-corrected chi connectivity index (χ0v) is 9.83. The average molecular weight is 206 g/mol. The molecule has 82 valence electrons. The van der Waals surface area contributed by atoms with Crippen LogP contribution in [0.3, 0.4) is 0 Å². The number of carbonyl (C=O) groups is 1. The van der Waals surface area contributed by atoms with Gasteiger partial charge in [0, 0.05) is 13.3 Å². The van der Waals surface area contributed by atoms with Crippen molar-refractivity contribution < 1.29 is 9.53 Å². The summed E-state index contributed by atoms with van der Waals surface area (Å²) in [5, 5.41) is 0. The zero-order chi connectivity index (χ0) is 11.4. The predicted octanol–water partition coefficient (Wildman–Crippen LogP) is 2.80. The highest BCUT2D eigenvalue weighted by Gasteiger charge is 2.06. The van der Waals surface area contributed by atoms with Crippen LogP contribution < -0.4 is 0 Å². The summed E-state index contributed by atoms with van der Waals surface area (Å²) in [5.74, 6) is -0.216. The van der Waals surface area contributed by atoms with Gasteiger partial charge in [0.1, 0.15) is 6.10 Å². The Morgan fingerprint density at radius 3 is 2.53 bits per heavy atom. The van der Waals surface area contributed by atoms with Crippen molar-refractivity contribution in [1.29, 1.82) is 0 Å². The van der Waals surface area contributed by atoms with E-state index in [0.717, 1.165) is 6.42 Å². The van der Waals surface area contributed by atoms with Gasteiger partial charge in [0.25, 0.3) is 0 Å². The first-order valence-electron chi connectivity index (χ1n) is 5.22. The Balaban J connectivity index is 2.64. The van der Waals surface area contributed by atoms with Gasteiger partial charge < -0.3 is 4.74 Å². The number of hydrogen-bond acceptors (Lipinski definition) is 2. The molecule has 0 radical (unpaired) electrons. The molecule has 1 aromatic carbocycles. The van der Waals surface area contributed by atoms with Crippen molar-refractivity contribution in [1.82, 2.24) is 0 Å². The van der Waals surface area contributed by atoms with Crippen molar-refractivity contribution in [2.75, 3.05) is 0 Å². The van der Waals surface area contributed by atoms with Crippen molar-refractivity contribution in [2.45, 2.75) is 40.2 Å². The Morgan fingerprint density at radius 1 is 1.33 bits per heavy atom. The molecular weight excluding hydrogens is 188 g/mol. The van der Waals surface area contributed by atoms with Gasteiger partial charge >= 0.3 is 5.97 Å². The van der Waals surface area contributed by atoms with Crippen LogP contribution in [0.2, 0.25) is 0 Å². The van der Waals surface area contributed by atoms with E-state index < -0.39 is 0 Å². The highest BCUT2D eigenvalue weighted by Crippen LogP contribution is 2.12. The summed E-state index contributed by atoms with van der Waals surface area (Å²) in [6.45, 7) is 7.54. The molecule has 15 heavy (non-hydrogen) atoms. The van der Waals surface area contributed by atoms with Gasteiger partial charge in [-0.2, -0.15) is 0 Å². The molecule has 0 amide bonds. The van der Waals surface area contributed by atoms with Crippen molar-refractivity contribution in [3.63, 3.8) is 0 Å². The minimum Gasteiger partial charge on any atom is -0.463 e. The molecule has 2 heteroatoms.